The minimum Gasteiger partial charge on any atom is -0.480 e. The number of thioether (sulfide) groups is 2. The Morgan fingerprint density at radius 3 is 2.30 bits per heavy atom. The van der Waals surface area contributed by atoms with Gasteiger partial charge in [-0.15, -0.1) is 0 Å². The standard InChI is InChI=1S/C18H32N4O6S2/c1-29-8-5-11(19)17(26)22-7-3-4-14(22)16(25)20-12(6-9-30-2)15(24)21-13(10-23)18(27)28/h11-14,23H,3-10,19H2,1-2H3,(H,20,25)(H,21,24)(H,27,28). The van der Waals surface area contributed by atoms with Gasteiger partial charge in [-0.3, -0.25) is 14.4 Å². The SMILES string of the molecule is CSCCC(N)C(=O)N1CCCC1C(=O)NC(CCSC)C(=O)NC(CO)C(=O)O. The van der Waals surface area contributed by atoms with E-state index >= 15 is 0 Å². The van der Waals surface area contributed by atoms with Gasteiger partial charge in [0.25, 0.3) is 0 Å². The summed E-state index contributed by atoms with van der Waals surface area (Å²) in [6, 6.07) is -3.82. The van der Waals surface area contributed by atoms with Crippen LogP contribution in [0.3, 0.4) is 0 Å². The minimum absolute atomic E-state index is 0.280. The molecule has 1 saturated heterocycles. The molecule has 0 aromatic carbocycles. The van der Waals surface area contributed by atoms with Gasteiger partial charge in [-0.25, -0.2) is 4.79 Å². The van der Waals surface area contributed by atoms with E-state index in [0.717, 1.165) is 5.75 Å². The van der Waals surface area contributed by atoms with E-state index in [2.05, 4.69) is 10.6 Å². The number of likely N-dealkylation sites (tertiary alicyclic amines) is 1. The summed E-state index contributed by atoms with van der Waals surface area (Å²) < 4.78 is 0. The third-order valence-electron chi connectivity index (χ3n) is 4.83. The molecule has 0 spiro atoms. The fourth-order valence-corrected chi connectivity index (χ4v) is 4.08. The number of rotatable bonds is 13. The van der Waals surface area contributed by atoms with Crippen molar-refractivity contribution in [2.24, 2.45) is 5.73 Å². The summed E-state index contributed by atoms with van der Waals surface area (Å²) in [4.78, 5) is 50.6. The summed E-state index contributed by atoms with van der Waals surface area (Å²) in [5.74, 6) is -1.50. The first-order valence-corrected chi connectivity index (χ1v) is 12.5. The molecule has 1 aliphatic heterocycles. The molecule has 0 bridgehead atoms. The summed E-state index contributed by atoms with van der Waals surface area (Å²) in [6.07, 6.45) is 5.70. The molecule has 10 nitrogen and oxygen atoms in total. The zero-order chi connectivity index (χ0) is 22.7. The van der Waals surface area contributed by atoms with Crippen LogP contribution in [-0.2, 0) is 19.2 Å². The Bertz CT molecular complexity index is 609. The lowest BCUT2D eigenvalue weighted by molar-refractivity contribution is -0.144. The molecule has 1 heterocycles. The van der Waals surface area contributed by atoms with Crippen LogP contribution >= 0.6 is 23.5 Å². The molecular formula is C18H32N4O6S2. The van der Waals surface area contributed by atoms with Gasteiger partial charge in [0.1, 0.15) is 18.1 Å². The van der Waals surface area contributed by atoms with Crippen molar-refractivity contribution in [3.8, 4) is 0 Å². The Morgan fingerprint density at radius 1 is 1.10 bits per heavy atom. The molecule has 3 amide bonds. The zero-order valence-electron chi connectivity index (χ0n) is 17.3. The van der Waals surface area contributed by atoms with Crippen LogP contribution in [0.1, 0.15) is 25.7 Å². The highest BCUT2D eigenvalue weighted by Crippen LogP contribution is 2.19. The van der Waals surface area contributed by atoms with Gasteiger partial charge in [-0.1, -0.05) is 0 Å². The van der Waals surface area contributed by atoms with Crippen molar-refractivity contribution in [1.29, 1.82) is 0 Å². The number of carboxylic acid groups (broad SMARTS) is 1. The van der Waals surface area contributed by atoms with Gasteiger partial charge in [0.05, 0.1) is 12.6 Å². The highest BCUT2D eigenvalue weighted by molar-refractivity contribution is 7.98. The number of carbonyl (C=O) groups excluding carboxylic acids is 3. The van der Waals surface area contributed by atoms with Crippen LogP contribution < -0.4 is 16.4 Å². The van der Waals surface area contributed by atoms with Gasteiger partial charge in [-0.05, 0) is 49.7 Å². The van der Waals surface area contributed by atoms with E-state index in [1.807, 2.05) is 12.5 Å². The van der Waals surface area contributed by atoms with E-state index in [9.17, 15) is 19.2 Å². The van der Waals surface area contributed by atoms with Gasteiger partial charge >= 0.3 is 5.97 Å². The molecule has 0 aromatic heterocycles. The first kappa shape index (κ1) is 26.5. The second-order valence-corrected chi connectivity index (χ2v) is 8.97. The van der Waals surface area contributed by atoms with Crippen molar-refractivity contribution in [2.45, 2.75) is 49.9 Å². The molecule has 4 unspecified atom stereocenters. The molecule has 1 fully saturated rings. The summed E-state index contributed by atoms with van der Waals surface area (Å²) in [5, 5.41) is 23.0. The van der Waals surface area contributed by atoms with Gasteiger partial charge in [0.2, 0.25) is 17.7 Å². The second kappa shape index (κ2) is 13.7. The van der Waals surface area contributed by atoms with Crippen molar-refractivity contribution < 1.29 is 29.4 Å². The molecule has 12 heteroatoms. The number of nitrogens with one attached hydrogen (secondary N) is 2. The number of carbonyl (C=O) groups is 4. The maximum Gasteiger partial charge on any atom is 0.328 e. The molecule has 4 atom stereocenters. The number of nitrogens with two attached hydrogens (primary N) is 1. The number of hydrogen-bond donors (Lipinski definition) is 5. The van der Waals surface area contributed by atoms with Gasteiger partial charge in [0, 0.05) is 6.54 Å². The Hall–Kier alpha value is -1.50. The zero-order valence-corrected chi connectivity index (χ0v) is 19.0. The van der Waals surface area contributed by atoms with Crippen molar-refractivity contribution in [2.75, 3.05) is 37.2 Å². The van der Waals surface area contributed by atoms with Crippen LogP contribution in [0, 0.1) is 0 Å². The van der Waals surface area contributed by atoms with Crippen LogP contribution in [-0.4, -0.2) is 100 Å². The second-order valence-electron chi connectivity index (χ2n) is 7.00. The molecule has 0 saturated carbocycles. The maximum absolute atomic E-state index is 12.9. The largest absolute Gasteiger partial charge is 0.480 e. The van der Waals surface area contributed by atoms with Crippen LogP contribution in [0.4, 0.5) is 0 Å². The lowest BCUT2D eigenvalue weighted by atomic mass is 10.1. The molecule has 6 N–H and O–H groups in total. The molecular weight excluding hydrogens is 432 g/mol. The predicted molar refractivity (Wildman–Crippen MR) is 117 cm³/mol. The average Bonchev–Trinajstić information content (AvgIpc) is 3.21. The van der Waals surface area contributed by atoms with E-state index in [-0.39, 0.29) is 12.3 Å². The van der Waals surface area contributed by atoms with Gasteiger partial charge in [0.15, 0.2) is 0 Å². The Kier molecular flexibility index (Phi) is 12.1. The molecule has 0 radical (unpaired) electrons. The summed E-state index contributed by atoms with van der Waals surface area (Å²) >= 11 is 3.06. The molecule has 0 aromatic rings. The Morgan fingerprint density at radius 2 is 1.73 bits per heavy atom. The number of hydrogen-bond acceptors (Lipinski definition) is 8. The first-order chi connectivity index (χ1) is 14.3. The van der Waals surface area contributed by atoms with Crippen molar-refractivity contribution >= 4 is 47.2 Å². The average molecular weight is 465 g/mol. The molecule has 1 rings (SSSR count). The quantitative estimate of drug-likeness (QED) is 0.227. The van der Waals surface area contributed by atoms with E-state index in [1.54, 1.807) is 11.8 Å². The van der Waals surface area contributed by atoms with Gasteiger partial charge < -0.3 is 31.5 Å². The molecule has 1 aliphatic rings. The lowest BCUT2D eigenvalue weighted by Crippen LogP contribution is -2.57. The monoisotopic (exact) mass is 464 g/mol. The smallest absolute Gasteiger partial charge is 0.328 e. The fraction of sp³-hybridized carbons (Fsp3) is 0.778. The predicted octanol–water partition coefficient (Wildman–Crippen LogP) is -1.14. The number of amides is 3. The van der Waals surface area contributed by atoms with Gasteiger partial charge in [-0.2, -0.15) is 23.5 Å². The Labute approximate surface area is 185 Å². The van der Waals surface area contributed by atoms with Crippen LogP contribution in [0.15, 0.2) is 0 Å². The number of aliphatic hydroxyl groups is 1. The highest BCUT2D eigenvalue weighted by Gasteiger charge is 2.37. The van der Waals surface area contributed by atoms with Crippen molar-refractivity contribution in [3.63, 3.8) is 0 Å². The van der Waals surface area contributed by atoms with Crippen LogP contribution in [0.5, 0.6) is 0 Å². The van der Waals surface area contributed by atoms with Crippen molar-refractivity contribution in [3.05, 3.63) is 0 Å². The van der Waals surface area contributed by atoms with Crippen LogP contribution in [0.25, 0.3) is 0 Å². The molecule has 0 aliphatic carbocycles. The number of carboxylic acids is 1. The summed E-state index contributed by atoms with van der Waals surface area (Å²) in [6.45, 7) is -0.333. The lowest BCUT2D eigenvalue weighted by Gasteiger charge is -2.28. The third-order valence-corrected chi connectivity index (χ3v) is 6.12. The minimum atomic E-state index is -1.45. The number of nitrogens with zero attached hydrogens (tertiary/aromatic N) is 1. The van der Waals surface area contributed by atoms with E-state index in [1.165, 1.54) is 16.7 Å². The first-order valence-electron chi connectivity index (χ1n) is 9.75. The van der Waals surface area contributed by atoms with E-state index < -0.39 is 48.6 Å². The van der Waals surface area contributed by atoms with E-state index in [0.29, 0.717) is 31.6 Å². The number of aliphatic hydroxyl groups excluding tert-OH is 1. The van der Waals surface area contributed by atoms with Crippen LogP contribution in [0.2, 0.25) is 0 Å². The normalized spacial score (nSPS) is 19.1. The molecule has 30 heavy (non-hydrogen) atoms. The summed E-state index contributed by atoms with van der Waals surface area (Å²) in [5.41, 5.74) is 5.98. The van der Waals surface area contributed by atoms with E-state index in [4.69, 9.17) is 15.9 Å². The molecule has 172 valence electrons. The fourth-order valence-electron chi connectivity index (χ4n) is 3.11. The Balaban J connectivity index is 2.82. The third kappa shape index (κ3) is 7.97. The highest BCUT2D eigenvalue weighted by atomic mass is 32.2. The maximum atomic E-state index is 12.9. The topological polar surface area (TPSA) is 162 Å². The summed E-state index contributed by atoms with van der Waals surface area (Å²) in [7, 11) is 0. The van der Waals surface area contributed by atoms with Crippen molar-refractivity contribution in [1.82, 2.24) is 15.5 Å². The number of aliphatic carboxylic acids is 1.